The lowest BCUT2D eigenvalue weighted by atomic mass is 10.1. The molecule has 0 atom stereocenters. The third-order valence-corrected chi connectivity index (χ3v) is 5.68. The van der Waals surface area contributed by atoms with E-state index in [0.29, 0.717) is 18.1 Å². The number of halogens is 1. The second kappa shape index (κ2) is 9.83. The highest BCUT2D eigenvalue weighted by molar-refractivity contribution is 6.30. The summed E-state index contributed by atoms with van der Waals surface area (Å²) >= 11 is 5.94. The van der Waals surface area contributed by atoms with Gasteiger partial charge in [-0.15, -0.1) is 0 Å². The van der Waals surface area contributed by atoms with Crippen LogP contribution in [0.15, 0.2) is 65.8 Å². The van der Waals surface area contributed by atoms with Crippen molar-refractivity contribution in [2.75, 3.05) is 6.54 Å². The largest absolute Gasteiger partial charge is 0.352 e. The summed E-state index contributed by atoms with van der Waals surface area (Å²) in [6.45, 7) is 2.78. The van der Waals surface area contributed by atoms with Gasteiger partial charge < -0.3 is 14.9 Å². The SMILES string of the molecule is Cc1cc(C(=O)NCCCCc2c[nH]c3ncccc23)c(=O)n(Cc2ccc(Cl)cc2)c1. The molecular formula is C25H25ClN4O2. The number of carbonyl (C=O) groups excluding carboxylic acids is 1. The zero-order chi connectivity index (χ0) is 22.5. The van der Waals surface area contributed by atoms with Gasteiger partial charge in [0.25, 0.3) is 11.5 Å². The lowest BCUT2D eigenvalue weighted by Crippen LogP contribution is -2.33. The number of hydrogen-bond donors (Lipinski definition) is 2. The lowest BCUT2D eigenvalue weighted by molar-refractivity contribution is 0.0951. The molecule has 164 valence electrons. The number of nitrogens with one attached hydrogen (secondary N) is 2. The van der Waals surface area contributed by atoms with E-state index in [1.807, 2.05) is 31.3 Å². The number of unbranched alkanes of at least 4 members (excludes halogenated alkanes) is 1. The normalized spacial score (nSPS) is 11.1. The van der Waals surface area contributed by atoms with Crippen molar-refractivity contribution in [3.05, 3.63) is 98.7 Å². The van der Waals surface area contributed by atoms with Gasteiger partial charge in [0.1, 0.15) is 11.2 Å². The number of H-pyrrole nitrogens is 1. The van der Waals surface area contributed by atoms with Gasteiger partial charge >= 0.3 is 0 Å². The highest BCUT2D eigenvalue weighted by atomic mass is 35.5. The van der Waals surface area contributed by atoms with E-state index in [1.165, 1.54) is 5.56 Å². The molecule has 0 bridgehead atoms. The summed E-state index contributed by atoms with van der Waals surface area (Å²) < 4.78 is 1.57. The molecule has 6 nitrogen and oxygen atoms in total. The molecule has 0 unspecified atom stereocenters. The predicted molar refractivity (Wildman–Crippen MR) is 127 cm³/mol. The number of benzene rings is 1. The predicted octanol–water partition coefficient (Wildman–Crippen LogP) is 4.49. The number of nitrogens with zero attached hydrogens (tertiary/aromatic N) is 2. The van der Waals surface area contributed by atoms with E-state index in [2.05, 4.69) is 21.4 Å². The molecule has 32 heavy (non-hydrogen) atoms. The second-order valence-electron chi connectivity index (χ2n) is 7.92. The van der Waals surface area contributed by atoms with Crippen molar-refractivity contribution in [3.8, 4) is 0 Å². The maximum absolute atomic E-state index is 12.9. The van der Waals surface area contributed by atoms with Crippen LogP contribution in [0.25, 0.3) is 11.0 Å². The Morgan fingerprint density at radius 2 is 2.00 bits per heavy atom. The Hall–Kier alpha value is -3.38. The summed E-state index contributed by atoms with van der Waals surface area (Å²) in [5.74, 6) is -0.333. The third-order valence-electron chi connectivity index (χ3n) is 5.43. The number of pyridine rings is 2. The standard InChI is InChI=1S/C25H25ClN4O2/c1-17-13-22(25(32)30(15-17)16-18-7-9-20(26)10-8-18)24(31)28-11-3-2-5-19-14-29-23-21(19)6-4-12-27-23/h4,6-10,12-15H,2-3,5,11,16H2,1H3,(H,27,29)(H,28,31). The Balaban J connectivity index is 1.34. The molecule has 7 heteroatoms. The van der Waals surface area contributed by atoms with Crippen LogP contribution < -0.4 is 10.9 Å². The molecule has 2 N–H and O–H groups in total. The Bertz CT molecular complexity index is 1290. The first-order chi connectivity index (χ1) is 15.5. The van der Waals surface area contributed by atoms with Crippen LogP contribution in [-0.2, 0) is 13.0 Å². The first-order valence-corrected chi connectivity index (χ1v) is 11.0. The fourth-order valence-corrected chi connectivity index (χ4v) is 3.94. The molecular weight excluding hydrogens is 424 g/mol. The molecule has 0 aliphatic carbocycles. The van der Waals surface area contributed by atoms with Crippen LogP contribution in [0.3, 0.4) is 0 Å². The number of amides is 1. The van der Waals surface area contributed by atoms with E-state index in [0.717, 1.165) is 41.4 Å². The van der Waals surface area contributed by atoms with Gasteiger partial charge in [-0.05, 0) is 73.2 Å². The molecule has 0 aliphatic heterocycles. The van der Waals surface area contributed by atoms with Crippen LogP contribution in [-0.4, -0.2) is 27.0 Å². The number of aromatic nitrogens is 3. The molecule has 1 aromatic carbocycles. The maximum atomic E-state index is 12.9. The summed E-state index contributed by atoms with van der Waals surface area (Å²) in [4.78, 5) is 33.0. The summed E-state index contributed by atoms with van der Waals surface area (Å²) in [5.41, 5.74) is 3.79. The van der Waals surface area contributed by atoms with Crippen LogP contribution >= 0.6 is 11.6 Å². The second-order valence-corrected chi connectivity index (χ2v) is 8.35. The van der Waals surface area contributed by atoms with Crippen molar-refractivity contribution in [3.63, 3.8) is 0 Å². The molecule has 0 saturated heterocycles. The number of carbonyl (C=O) groups is 1. The Morgan fingerprint density at radius 3 is 2.81 bits per heavy atom. The van der Waals surface area contributed by atoms with Crippen molar-refractivity contribution in [2.45, 2.75) is 32.7 Å². The molecule has 3 heterocycles. The monoisotopic (exact) mass is 448 g/mol. The maximum Gasteiger partial charge on any atom is 0.263 e. The topological polar surface area (TPSA) is 79.8 Å². The molecule has 0 radical (unpaired) electrons. The summed E-state index contributed by atoms with van der Waals surface area (Å²) in [5, 5.41) is 4.67. The van der Waals surface area contributed by atoms with Gasteiger partial charge in [-0.2, -0.15) is 0 Å². The highest BCUT2D eigenvalue weighted by Crippen LogP contribution is 2.17. The van der Waals surface area contributed by atoms with E-state index in [-0.39, 0.29) is 17.0 Å². The zero-order valence-electron chi connectivity index (χ0n) is 17.9. The van der Waals surface area contributed by atoms with Gasteiger partial charge in [-0.3, -0.25) is 9.59 Å². The van der Waals surface area contributed by atoms with Crippen LogP contribution in [0.2, 0.25) is 5.02 Å². The van der Waals surface area contributed by atoms with Gasteiger partial charge in [0.2, 0.25) is 0 Å². The number of rotatable bonds is 8. The van der Waals surface area contributed by atoms with Crippen molar-refractivity contribution < 1.29 is 4.79 Å². The minimum Gasteiger partial charge on any atom is -0.352 e. The molecule has 4 aromatic rings. The van der Waals surface area contributed by atoms with Crippen molar-refractivity contribution in [1.29, 1.82) is 0 Å². The third kappa shape index (κ3) is 5.08. The summed E-state index contributed by atoms with van der Waals surface area (Å²) in [7, 11) is 0. The lowest BCUT2D eigenvalue weighted by Gasteiger charge is -2.11. The average Bonchev–Trinajstić information content (AvgIpc) is 3.20. The highest BCUT2D eigenvalue weighted by Gasteiger charge is 2.13. The Morgan fingerprint density at radius 1 is 1.19 bits per heavy atom. The van der Waals surface area contributed by atoms with Crippen LogP contribution in [0.5, 0.6) is 0 Å². The van der Waals surface area contributed by atoms with Gasteiger partial charge in [0.05, 0.1) is 6.54 Å². The van der Waals surface area contributed by atoms with E-state index in [4.69, 9.17) is 11.6 Å². The number of aromatic amines is 1. The molecule has 0 aliphatic rings. The molecule has 0 spiro atoms. The van der Waals surface area contributed by atoms with Crippen LogP contribution in [0.1, 0.15) is 39.9 Å². The first-order valence-electron chi connectivity index (χ1n) is 10.7. The Kier molecular flexibility index (Phi) is 6.71. The molecule has 4 rings (SSSR count). The van der Waals surface area contributed by atoms with E-state index >= 15 is 0 Å². The average molecular weight is 449 g/mol. The van der Waals surface area contributed by atoms with Gasteiger partial charge in [0.15, 0.2) is 0 Å². The van der Waals surface area contributed by atoms with E-state index in [1.54, 1.807) is 35.2 Å². The van der Waals surface area contributed by atoms with Crippen molar-refractivity contribution >= 4 is 28.5 Å². The Labute approximate surface area is 191 Å². The van der Waals surface area contributed by atoms with Gasteiger partial charge in [0, 0.05) is 35.5 Å². The van der Waals surface area contributed by atoms with Crippen molar-refractivity contribution in [2.24, 2.45) is 0 Å². The molecule has 3 aromatic heterocycles. The summed E-state index contributed by atoms with van der Waals surface area (Å²) in [6.07, 6.45) is 8.18. The van der Waals surface area contributed by atoms with Crippen LogP contribution in [0, 0.1) is 6.92 Å². The van der Waals surface area contributed by atoms with Gasteiger partial charge in [-0.1, -0.05) is 23.7 Å². The van der Waals surface area contributed by atoms with E-state index in [9.17, 15) is 9.59 Å². The quantitative estimate of drug-likeness (QED) is 0.390. The van der Waals surface area contributed by atoms with E-state index < -0.39 is 0 Å². The van der Waals surface area contributed by atoms with Crippen molar-refractivity contribution in [1.82, 2.24) is 19.9 Å². The minimum atomic E-state index is -0.333. The number of aryl methyl sites for hydroxylation is 2. The fourth-order valence-electron chi connectivity index (χ4n) is 3.81. The summed E-state index contributed by atoms with van der Waals surface area (Å²) in [6, 6.07) is 13.0. The smallest absolute Gasteiger partial charge is 0.263 e. The van der Waals surface area contributed by atoms with Gasteiger partial charge in [-0.25, -0.2) is 4.98 Å². The number of hydrogen-bond acceptors (Lipinski definition) is 3. The molecule has 0 saturated carbocycles. The number of fused-ring (bicyclic) bond motifs is 1. The molecule has 0 fully saturated rings. The fraction of sp³-hybridized carbons (Fsp3) is 0.240. The first kappa shape index (κ1) is 21.8. The van der Waals surface area contributed by atoms with Crippen LogP contribution in [0.4, 0.5) is 0 Å². The zero-order valence-corrected chi connectivity index (χ0v) is 18.7. The molecule has 1 amide bonds. The minimum absolute atomic E-state index is 0.168.